The Bertz CT molecular complexity index is 406. The summed E-state index contributed by atoms with van der Waals surface area (Å²) < 4.78 is 0. The van der Waals surface area contributed by atoms with Crippen molar-refractivity contribution in [3.8, 4) is 0 Å². The number of nitrogens with one attached hydrogen (secondary N) is 2. The molecule has 0 saturated carbocycles. The summed E-state index contributed by atoms with van der Waals surface area (Å²) in [6.07, 6.45) is 0. The summed E-state index contributed by atoms with van der Waals surface area (Å²) in [4.78, 5) is 2.11. The number of hydrogen-bond acceptors (Lipinski definition) is 4. The maximum absolute atomic E-state index is 9.20. The molecule has 0 fully saturated rings. The first-order valence-corrected chi connectivity index (χ1v) is 8.46. The van der Waals surface area contributed by atoms with E-state index in [1.54, 1.807) is 13.8 Å². The lowest BCUT2D eigenvalue weighted by molar-refractivity contribution is 0.0776. The second-order valence-corrected chi connectivity index (χ2v) is 7.44. The Kier molecular flexibility index (Phi) is 10.1. The molecule has 0 aliphatic rings. The number of nitrogens with zero attached hydrogens (tertiary/aromatic N) is 1. The average molecular weight is 324 g/mol. The number of hydrogen-bond donors (Lipinski definition) is 3. The number of rotatable bonds is 7. The first-order chi connectivity index (χ1) is 10.5. The number of aliphatic hydroxyl groups is 1. The van der Waals surface area contributed by atoms with Crippen LogP contribution in [0.5, 0.6) is 0 Å². The zero-order chi connectivity index (χ0) is 18.0. The molecule has 0 unspecified atom stereocenters. The van der Waals surface area contributed by atoms with Gasteiger partial charge in [-0.15, -0.1) is 0 Å². The lowest BCUT2D eigenvalue weighted by atomic mass is 10.1. The van der Waals surface area contributed by atoms with Crippen LogP contribution in [0, 0.1) is 0 Å². The van der Waals surface area contributed by atoms with Crippen molar-refractivity contribution in [3.05, 3.63) is 29.8 Å². The van der Waals surface area contributed by atoms with E-state index < -0.39 is 5.60 Å². The van der Waals surface area contributed by atoms with Crippen molar-refractivity contribution in [1.82, 2.24) is 10.6 Å². The minimum Gasteiger partial charge on any atom is -0.389 e. The molecule has 0 radical (unpaired) electrons. The molecule has 0 atom stereocenters. The fraction of sp³-hybridized carbons (Fsp3) is 0.684. The van der Waals surface area contributed by atoms with Gasteiger partial charge in [0.15, 0.2) is 0 Å². The quantitative estimate of drug-likeness (QED) is 0.722. The van der Waals surface area contributed by atoms with Crippen molar-refractivity contribution < 1.29 is 5.11 Å². The van der Waals surface area contributed by atoms with E-state index in [0.717, 1.165) is 6.54 Å². The van der Waals surface area contributed by atoms with Crippen LogP contribution in [0.3, 0.4) is 0 Å². The number of anilines is 1. The standard InChI is InChI=1S/C12H20N2.C7H17NO/c1-10(2)13-9-11-5-7-12(8-6-11)14(3)4;1-6(2)8-5-7(3,4)9/h5-8,10,13H,9H2,1-4H3;6,8-9H,5H2,1-4H3. The van der Waals surface area contributed by atoms with E-state index in [9.17, 15) is 5.11 Å². The highest BCUT2D eigenvalue weighted by Crippen LogP contribution is 2.11. The first-order valence-electron chi connectivity index (χ1n) is 8.46. The summed E-state index contributed by atoms with van der Waals surface area (Å²) in [7, 11) is 4.11. The van der Waals surface area contributed by atoms with Crippen molar-refractivity contribution in [2.24, 2.45) is 0 Å². The molecule has 4 nitrogen and oxygen atoms in total. The summed E-state index contributed by atoms with van der Waals surface area (Å²) in [6.45, 7) is 13.6. The van der Waals surface area contributed by atoms with Crippen LogP contribution >= 0.6 is 0 Å². The zero-order valence-electron chi connectivity index (χ0n) is 16.3. The van der Waals surface area contributed by atoms with Gasteiger partial charge in [0.2, 0.25) is 0 Å². The second-order valence-electron chi connectivity index (χ2n) is 7.44. The van der Waals surface area contributed by atoms with Crippen LogP contribution < -0.4 is 15.5 Å². The molecular weight excluding hydrogens is 286 g/mol. The highest BCUT2D eigenvalue weighted by molar-refractivity contribution is 5.45. The molecule has 0 amide bonds. The van der Waals surface area contributed by atoms with Crippen LogP contribution in [-0.4, -0.2) is 43.4 Å². The van der Waals surface area contributed by atoms with Gasteiger partial charge in [-0.3, -0.25) is 0 Å². The fourth-order valence-electron chi connectivity index (χ4n) is 1.69. The van der Waals surface area contributed by atoms with Crippen molar-refractivity contribution in [2.45, 2.75) is 65.8 Å². The molecule has 4 heteroatoms. The Hall–Kier alpha value is -1.10. The Labute approximate surface area is 143 Å². The third-order valence-electron chi connectivity index (χ3n) is 3.11. The van der Waals surface area contributed by atoms with Crippen molar-refractivity contribution in [1.29, 1.82) is 0 Å². The summed E-state index contributed by atoms with van der Waals surface area (Å²) in [5.41, 5.74) is 2.01. The third-order valence-corrected chi connectivity index (χ3v) is 3.11. The molecule has 134 valence electrons. The van der Waals surface area contributed by atoms with Crippen LogP contribution in [0.25, 0.3) is 0 Å². The van der Waals surface area contributed by atoms with Gasteiger partial charge in [0.05, 0.1) is 5.60 Å². The third kappa shape index (κ3) is 13.1. The van der Waals surface area contributed by atoms with E-state index >= 15 is 0 Å². The van der Waals surface area contributed by atoms with Crippen LogP contribution in [0.2, 0.25) is 0 Å². The highest BCUT2D eigenvalue weighted by atomic mass is 16.3. The minimum absolute atomic E-state index is 0.455. The molecule has 23 heavy (non-hydrogen) atoms. The molecule has 3 N–H and O–H groups in total. The van der Waals surface area contributed by atoms with Crippen LogP contribution in [0.15, 0.2) is 24.3 Å². The van der Waals surface area contributed by atoms with E-state index in [1.165, 1.54) is 11.3 Å². The fourth-order valence-corrected chi connectivity index (χ4v) is 1.69. The van der Waals surface area contributed by atoms with Gasteiger partial charge in [-0.2, -0.15) is 0 Å². The van der Waals surface area contributed by atoms with E-state index in [0.29, 0.717) is 18.6 Å². The lowest BCUT2D eigenvalue weighted by Gasteiger charge is -2.19. The monoisotopic (exact) mass is 323 g/mol. The van der Waals surface area contributed by atoms with Crippen molar-refractivity contribution in [2.75, 3.05) is 25.5 Å². The van der Waals surface area contributed by atoms with E-state index in [-0.39, 0.29) is 0 Å². The van der Waals surface area contributed by atoms with E-state index in [4.69, 9.17) is 0 Å². The van der Waals surface area contributed by atoms with Gasteiger partial charge < -0.3 is 20.6 Å². The van der Waals surface area contributed by atoms with Gasteiger partial charge in [-0.05, 0) is 31.5 Å². The van der Waals surface area contributed by atoms with Gasteiger partial charge in [0, 0.05) is 45.0 Å². The topological polar surface area (TPSA) is 47.5 Å². The molecule has 1 rings (SSSR count). The largest absolute Gasteiger partial charge is 0.389 e. The Morgan fingerprint density at radius 1 is 0.957 bits per heavy atom. The lowest BCUT2D eigenvalue weighted by Crippen LogP contribution is -2.38. The SMILES string of the molecule is CC(C)NCC(C)(C)O.CC(C)NCc1ccc(N(C)C)cc1. The summed E-state index contributed by atoms with van der Waals surface area (Å²) in [6, 6.07) is 9.64. The van der Waals surface area contributed by atoms with Crippen LogP contribution in [0.4, 0.5) is 5.69 Å². The zero-order valence-corrected chi connectivity index (χ0v) is 16.3. The van der Waals surface area contributed by atoms with E-state index in [1.807, 2.05) is 0 Å². The molecule has 0 bridgehead atoms. The predicted octanol–water partition coefficient (Wildman–Crippen LogP) is 3.01. The molecule has 0 saturated heterocycles. The van der Waals surface area contributed by atoms with Gasteiger partial charge in [-0.1, -0.05) is 39.8 Å². The predicted molar refractivity (Wildman–Crippen MR) is 102 cm³/mol. The molecular formula is C19H37N3O. The van der Waals surface area contributed by atoms with Gasteiger partial charge in [-0.25, -0.2) is 0 Å². The van der Waals surface area contributed by atoms with Crippen molar-refractivity contribution >= 4 is 5.69 Å². The summed E-state index contributed by atoms with van der Waals surface area (Å²) in [5, 5.41) is 15.7. The molecule has 0 heterocycles. The molecule has 0 aromatic heterocycles. The maximum atomic E-state index is 9.20. The van der Waals surface area contributed by atoms with Gasteiger partial charge >= 0.3 is 0 Å². The average Bonchev–Trinajstić information content (AvgIpc) is 2.43. The Morgan fingerprint density at radius 2 is 1.43 bits per heavy atom. The van der Waals surface area contributed by atoms with Gasteiger partial charge in [0.25, 0.3) is 0 Å². The molecule has 1 aromatic carbocycles. The van der Waals surface area contributed by atoms with Crippen molar-refractivity contribution in [3.63, 3.8) is 0 Å². The Balaban J connectivity index is 0.000000468. The molecule has 0 spiro atoms. The summed E-state index contributed by atoms with van der Waals surface area (Å²) in [5.74, 6) is 0. The molecule has 1 aromatic rings. The molecule has 0 aliphatic heterocycles. The van der Waals surface area contributed by atoms with Crippen LogP contribution in [-0.2, 0) is 6.54 Å². The number of benzene rings is 1. The molecule has 0 aliphatic carbocycles. The summed E-state index contributed by atoms with van der Waals surface area (Å²) >= 11 is 0. The van der Waals surface area contributed by atoms with E-state index in [2.05, 4.69) is 81.6 Å². The maximum Gasteiger partial charge on any atom is 0.0715 e. The second kappa shape index (κ2) is 10.6. The minimum atomic E-state index is -0.579. The highest BCUT2D eigenvalue weighted by Gasteiger charge is 2.11. The smallest absolute Gasteiger partial charge is 0.0715 e. The van der Waals surface area contributed by atoms with Gasteiger partial charge in [0.1, 0.15) is 0 Å². The normalized spacial score (nSPS) is 11.4. The van der Waals surface area contributed by atoms with Crippen LogP contribution in [0.1, 0.15) is 47.1 Å². The Morgan fingerprint density at radius 3 is 1.74 bits per heavy atom. The first kappa shape index (κ1) is 21.9.